The average molecular weight is 425 g/mol. The van der Waals surface area contributed by atoms with Crippen molar-refractivity contribution in [2.45, 2.75) is 64.0 Å². The van der Waals surface area contributed by atoms with Gasteiger partial charge < -0.3 is 32.2 Å². The van der Waals surface area contributed by atoms with Crippen molar-refractivity contribution in [3.05, 3.63) is 0 Å². The lowest BCUT2D eigenvalue weighted by Crippen LogP contribution is -2.50. The molecule has 1 saturated heterocycles. The van der Waals surface area contributed by atoms with Gasteiger partial charge in [-0.25, -0.2) is 0 Å². The summed E-state index contributed by atoms with van der Waals surface area (Å²) >= 11 is 0. The Morgan fingerprint density at radius 1 is 1.20 bits per heavy atom. The Kier molecular flexibility index (Phi) is 9.85. The number of esters is 1. The van der Waals surface area contributed by atoms with Gasteiger partial charge in [-0.05, 0) is 58.0 Å². The van der Waals surface area contributed by atoms with Gasteiger partial charge in [-0.3, -0.25) is 19.4 Å². The van der Waals surface area contributed by atoms with Crippen molar-refractivity contribution in [3.8, 4) is 0 Å². The standard InChI is InChI=1S/C20H36N6O4/c1-2-30-18(28)10-16(14-6-4-8-23-11-14)26-17(27)12-24-19(29)13-5-3-7-15(9-13)25-20(21)22/h13-16,23H,2-12H2,1H3,(H,24,29)(H,26,27)(H4,21,22,25). The second kappa shape index (κ2) is 12.4. The number of rotatable bonds is 9. The molecule has 0 bridgehead atoms. The number of ether oxygens (including phenoxy) is 1. The number of piperidine rings is 1. The van der Waals surface area contributed by atoms with Crippen LogP contribution in [-0.2, 0) is 19.1 Å². The van der Waals surface area contributed by atoms with Gasteiger partial charge in [0.2, 0.25) is 11.8 Å². The van der Waals surface area contributed by atoms with Gasteiger partial charge in [-0.1, -0.05) is 6.42 Å². The Morgan fingerprint density at radius 2 is 2.00 bits per heavy atom. The topological polar surface area (TPSA) is 161 Å². The number of carbonyl (C=O) groups excluding carboxylic acids is 3. The van der Waals surface area contributed by atoms with E-state index in [-0.39, 0.29) is 60.6 Å². The predicted octanol–water partition coefficient (Wildman–Crippen LogP) is -0.628. The van der Waals surface area contributed by atoms with Gasteiger partial charge in [0.15, 0.2) is 5.96 Å². The summed E-state index contributed by atoms with van der Waals surface area (Å²) in [7, 11) is 0. The molecule has 1 saturated carbocycles. The van der Waals surface area contributed by atoms with Gasteiger partial charge in [0.05, 0.1) is 25.6 Å². The summed E-state index contributed by atoms with van der Waals surface area (Å²) in [5, 5.41) is 8.94. The van der Waals surface area contributed by atoms with Gasteiger partial charge in [0.1, 0.15) is 0 Å². The zero-order chi connectivity index (χ0) is 21.9. The van der Waals surface area contributed by atoms with Gasteiger partial charge in [-0.2, -0.15) is 0 Å². The Hall–Kier alpha value is -2.36. The molecule has 10 nitrogen and oxygen atoms in total. The van der Waals surface area contributed by atoms with Crippen LogP contribution in [0.1, 0.15) is 51.9 Å². The fourth-order valence-corrected chi connectivity index (χ4v) is 4.26. The number of carbonyl (C=O) groups is 3. The monoisotopic (exact) mass is 424 g/mol. The molecular weight excluding hydrogens is 388 g/mol. The summed E-state index contributed by atoms with van der Waals surface area (Å²) in [5.74, 6) is -0.823. The maximum atomic E-state index is 12.5. The van der Waals surface area contributed by atoms with Crippen molar-refractivity contribution >= 4 is 23.7 Å². The van der Waals surface area contributed by atoms with Crippen molar-refractivity contribution in [3.63, 3.8) is 0 Å². The molecular formula is C20H36N6O4. The SMILES string of the molecule is CCOC(=O)CC(NC(=O)CNC(=O)C1CCCC(N=C(N)N)C1)C1CCCNC1. The first-order valence-electron chi connectivity index (χ1n) is 10.9. The molecule has 2 aliphatic rings. The fraction of sp³-hybridized carbons (Fsp3) is 0.800. The summed E-state index contributed by atoms with van der Waals surface area (Å²) in [6, 6.07) is -0.372. The maximum absolute atomic E-state index is 12.5. The molecule has 0 spiro atoms. The first-order chi connectivity index (χ1) is 14.4. The number of nitrogens with zero attached hydrogens (tertiary/aromatic N) is 1. The summed E-state index contributed by atoms with van der Waals surface area (Å²) in [6.45, 7) is 3.62. The minimum atomic E-state index is -0.328. The van der Waals surface area contributed by atoms with Crippen LogP contribution in [0.5, 0.6) is 0 Å². The largest absolute Gasteiger partial charge is 0.466 e. The summed E-state index contributed by atoms with van der Waals surface area (Å²) in [4.78, 5) is 41.1. The van der Waals surface area contributed by atoms with E-state index in [1.807, 2.05) is 0 Å². The van der Waals surface area contributed by atoms with E-state index in [9.17, 15) is 14.4 Å². The molecule has 1 aliphatic carbocycles. The Bertz CT molecular complexity index is 616. The molecule has 0 radical (unpaired) electrons. The van der Waals surface area contributed by atoms with Crippen LogP contribution in [0.25, 0.3) is 0 Å². The molecule has 4 atom stereocenters. The molecule has 2 rings (SSSR count). The molecule has 2 fully saturated rings. The van der Waals surface area contributed by atoms with E-state index in [2.05, 4.69) is 20.9 Å². The van der Waals surface area contributed by atoms with Gasteiger partial charge in [0, 0.05) is 12.0 Å². The van der Waals surface area contributed by atoms with Crippen LogP contribution in [0.2, 0.25) is 0 Å². The number of hydrogen-bond acceptors (Lipinski definition) is 6. The molecule has 170 valence electrons. The van der Waals surface area contributed by atoms with Crippen molar-refractivity contribution in [1.29, 1.82) is 0 Å². The third-order valence-electron chi connectivity index (χ3n) is 5.71. The van der Waals surface area contributed by atoms with Gasteiger partial charge in [-0.15, -0.1) is 0 Å². The molecule has 0 aromatic rings. The van der Waals surface area contributed by atoms with Crippen LogP contribution in [-0.4, -0.2) is 62.1 Å². The smallest absolute Gasteiger partial charge is 0.307 e. The van der Waals surface area contributed by atoms with Crippen molar-refractivity contribution in [2.75, 3.05) is 26.2 Å². The number of nitrogens with one attached hydrogen (secondary N) is 3. The number of hydrogen-bond donors (Lipinski definition) is 5. The lowest BCUT2D eigenvalue weighted by molar-refractivity contribution is -0.144. The van der Waals surface area contributed by atoms with Crippen molar-refractivity contribution < 1.29 is 19.1 Å². The quantitative estimate of drug-likeness (QED) is 0.187. The van der Waals surface area contributed by atoms with Crippen LogP contribution in [0.15, 0.2) is 4.99 Å². The Labute approximate surface area is 177 Å². The highest BCUT2D eigenvalue weighted by Crippen LogP contribution is 2.26. The molecule has 10 heteroatoms. The normalized spacial score (nSPS) is 24.9. The number of aliphatic imine (C=N–C) groups is 1. The molecule has 2 amide bonds. The van der Waals surface area contributed by atoms with Crippen molar-refractivity contribution in [1.82, 2.24) is 16.0 Å². The zero-order valence-electron chi connectivity index (χ0n) is 17.8. The first kappa shape index (κ1) is 23.9. The van der Waals surface area contributed by atoms with E-state index in [1.165, 1.54) is 0 Å². The highest BCUT2D eigenvalue weighted by molar-refractivity contribution is 5.86. The minimum absolute atomic E-state index is 0.0327. The summed E-state index contributed by atoms with van der Waals surface area (Å²) < 4.78 is 5.05. The number of amides is 2. The maximum Gasteiger partial charge on any atom is 0.307 e. The molecule has 30 heavy (non-hydrogen) atoms. The van der Waals surface area contributed by atoms with E-state index >= 15 is 0 Å². The fourth-order valence-electron chi connectivity index (χ4n) is 4.26. The lowest BCUT2D eigenvalue weighted by Gasteiger charge is -2.31. The van der Waals surface area contributed by atoms with E-state index in [0.717, 1.165) is 45.2 Å². The average Bonchev–Trinajstić information content (AvgIpc) is 2.72. The second-order valence-corrected chi connectivity index (χ2v) is 8.08. The van der Waals surface area contributed by atoms with E-state index in [4.69, 9.17) is 16.2 Å². The highest BCUT2D eigenvalue weighted by atomic mass is 16.5. The van der Waals surface area contributed by atoms with Crippen LogP contribution in [0.4, 0.5) is 0 Å². The van der Waals surface area contributed by atoms with Crippen LogP contribution in [0, 0.1) is 11.8 Å². The summed E-state index contributed by atoms with van der Waals surface area (Å²) in [6.07, 6.45) is 5.10. The molecule has 1 aliphatic heterocycles. The predicted molar refractivity (Wildman–Crippen MR) is 113 cm³/mol. The van der Waals surface area contributed by atoms with E-state index in [0.29, 0.717) is 13.0 Å². The molecule has 0 aromatic carbocycles. The molecule has 0 aromatic heterocycles. The minimum Gasteiger partial charge on any atom is -0.466 e. The van der Waals surface area contributed by atoms with Crippen molar-refractivity contribution in [2.24, 2.45) is 28.3 Å². The zero-order valence-corrected chi connectivity index (χ0v) is 17.8. The molecule has 4 unspecified atom stereocenters. The van der Waals surface area contributed by atoms with Gasteiger partial charge >= 0.3 is 5.97 Å². The third kappa shape index (κ3) is 8.17. The van der Waals surface area contributed by atoms with E-state index < -0.39 is 0 Å². The number of nitrogens with two attached hydrogens (primary N) is 2. The van der Waals surface area contributed by atoms with Crippen LogP contribution < -0.4 is 27.4 Å². The second-order valence-electron chi connectivity index (χ2n) is 8.08. The molecule has 1 heterocycles. The Morgan fingerprint density at radius 3 is 2.67 bits per heavy atom. The first-order valence-corrected chi connectivity index (χ1v) is 10.9. The van der Waals surface area contributed by atoms with E-state index in [1.54, 1.807) is 6.92 Å². The van der Waals surface area contributed by atoms with Crippen LogP contribution >= 0.6 is 0 Å². The molecule has 7 N–H and O–H groups in total. The Balaban J connectivity index is 1.84. The van der Waals surface area contributed by atoms with Gasteiger partial charge in [0.25, 0.3) is 0 Å². The lowest BCUT2D eigenvalue weighted by atomic mass is 9.85. The highest BCUT2D eigenvalue weighted by Gasteiger charge is 2.29. The number of guanidine groups is 1. The third-order valence-corrected chi connectivity index (χ3v) is 5.71. The summed E-state index contributed by atoms with van der Waals surface area (Å²) in [5.41, 5.74) is 10.9. The van der Waals surface area contributed by atoms with Crippen LogP contribution in [0.3, 0.4) is 0 Å².